The minimum atomic E-state index is -0.237. The van der Waals surface area contributed by atoms with Gasteiger partial charge in [-0.05, 0) is 42.8 Å². The fourth-order valence-electron chi connectivity index (χ4n) is 1.95. The first-order valence-corrected chi connectivity index (χ1v) is 7.46. The number of ether oxygens (including phenoxy) is 1. The van der Waals surface area contributed by atoms with Crippen molar-refractivity contribution < 1.29 is 14.3 Å². The summed E-state index contributed by atoms with van der Waals surface area (Å²) in [6, 6.07) is 14.5. The molecular formula is C18H20N2O3. The van der Waals surface area contributed by atoms with Gasteiger partial charge in [0.2, 0.25) is 5.91 Å². The average Bonchev–Trinajstić information content (AvgIpc) is 2.56. The SMILES string of the molecule is CCC(=O)Nc1ccc(NC(=O)COc2ccccc2C)cc1. The van der Waals surface area contributed by atoms with Crippen LogP contribution in [0.2, 0.25) is 0 Å². The topological polar surface area (TPSA) is 67.4 Å². The molecule has 0 bridgehead atoms. The quantitative estimate of drug-likeness (QED) is 0.859. The third kappa shape index (κ3) is 5.14. The number of hydrogen-bond acceptors (Lipinski definition) is 3. The molecule has 5 nitrogen and oxygen atoms in total. The van der Waals surface area contributed by atoms with Crippen molar-refractivity contribution in [2.24, 2.45) is 0 Å². The number of anilines is 2. The Kier molecular flexibility index (Phi) is 5.74. The van der Waals surface area contributed by atoms with E-state index in [1.165, 1.54) is 0 Å². The van der Waals surface area contributed by atoms with E-state index in [1.807, 2.05) is 31.2 Å². The van der Waals surface area contributed by atoms with E-state index < -0.39 is 0 Å². The van der Waals surface area contributed by atoms with E-state index in [2.05, 4.69) is 10.6 Å². The third-order valence-electron chi connectivity index (χ3n) is 3.23. The zero-order valence-corrected chi connectivity index (χ0v) is 13.3. The minimum Gasteiger partial charge on any atom is -0.483 e. The Bertz CT molecular complexity index is 681. The Morgan fingerprint density at radius 1 is 0.913 bits per heavy atom. The number of para-hydroxylation sites is 1. The minimum absolute atomic E-state index is 0.0478. The number of nitrogens with one attached hydrogen (secondary N) is 2. The molecule has 2 N–H and O–H groups in total. The molecule has 0 aliphatic heterocycles. The summed E-state index contributed by atoms with van der Waals surface area (Å²) in [5.41, 5.74) is 2.33. The van der Waals surface area contributed by atoms with Gasteiger partial charge >= 0.3 is 0 Å². The first kappa shape index (κ1) is 16.5. The highest BCUT2D eigenvalue weighted by molar-refractivity contribution is 5.93. The second-order valence-electron chi connectivity index (χ2n) is 5.08. The molecule has 23 heavy (non-hydrogen) atoms. The maximum Gasteiger partial charge on any atom is 0.262 e. The summed E-state index contributed by atoms with van der Waals surface area (Å²) in [6.07, 6.45) is 0.425. The van der Waals surface area contributed by atoms with Gasteiger partial charge in [-0.1, -0.05) is 25.1 Å². The second kappa shape index (κ2) is 7.98. The smallest absolute Gasteiger partial charge is 0.262 e. The molecule has 0 heterocycles. The molecule has 2 aromatic rings. The van der Waals surface area contributed by atoms with E-state index >= 15 is 0 Å². The van der Waals surface area contributed by atoms with Gasteiger partial charge in [0, 0.05) is 17.8 Å². The lowest BCUT2D eigenvalue weighted by molar-refractivity contribution is -0.118. The van der Waals surface area contributed by atoms with Crippen molar-refractivity contribution in [3.05, 3.63) is 54.1 Å². The lowest BCUT2D eigenvalue weighted by Gasteiger charge is -2.10. The summed E-state index contributed by atoms with van der Waals surface area (Å²) in [4.78, 5) is 23.2. The van der Waals surface area contributed by atoms with Crippen molar-refractivity contribution in [1.29, 1.82) is 0 Å². The highest BCUT2D eigenvalue weighted by Gasteiger charge is 2.05. The van der Waals surface area contributed by atoms with Crippen LogP contribution in [0.3, 0.4) is 0 Å². The summed E-state index contributed by atoms with van der Waals surface area (Å²) in [5, 5.41) is 5.50. The zero-order valence-electron chi connectivity index (χ0n) is 13.3. The van der Waals surface area contributed by atoms with Gasteiger partial charge in [-0.3, -0.25) is 9.59 Å². The van der Waals surface area contributed by atoms with Crippen molar-refractivity contribution in [3.63, 3.8) is 0 Å². The van der Waals surface area contributed by atoms with Crippen LogP contribution in [0.15, 0.2) is 48.5 Å². The molecule has 5 heteroatoms. The van der Waals surface area contributed by atoms with Gasteiger partial charge in [0.25, 0.3) is 5.91 Å². The van der Waals surface area contributed by atoms with Gasteiger partial charge in [-0.2, -0.15) is 0 Å². The van der Waals surface area contributed by atoms with Crippen molar-refractivity contribution in [2.75, 3.05) is 17.2 Å². The van der Waals surface area contributed by atoms with Crippen LogP contribution in [-0.4, -0.2) is 18.4 Å². The summed E-state index contributed by atoms with van der Waals surface area (Å²) in [7, 11) is 0. The van der Waals surface area contributed by atoms with Crippen LogP contribution in [0.1, 0.15) is 18.9 Å². The van der Waals surface area contributed by atoms with Gasteiger partial charge in [0.15, 0.2) is 6.61 Å². The zero-order chi connectivity index (χ0) is 16.7. The number of hydrogen-bond donors (Lipinski definition) is 2. The highest BCUT2D eigenvalue weighted by Crippen LogP contribution is 2.17. The fourth-order valence-corrected chi connectivity index (χ4v) is 1.95. The molecule has 0 aromatic heterocycles. The average molecular weight is 312 g/mol. The number of carbonyl (C=O) groups is 2. The molecule has 0 saturated carbocycles. The molecule has 0 fully saturated rings. The maximum atomic E-state index is 11.9. The van der Waals surface area contributed by atoms with Crippen molar-refractivity contribution in [3.8, 4) is 5.75 Å². The second-order valence-corrected chi connectivity index (χ2v) is 5.08. The number of carbonyl (C=O) groups excluding carboxylic acids is 2. The Hall–Kier alpha value is -2.82. The van der Waals surface area contributed by atoms with Crippen LogP contribution >= 0.6 is 0 Å². The van der Waals surface area contributed by atoms with Crippen LogP contribution < -0.4 is 15.4 Å². The lowest BCUT2D eigenvalue weighted by Crippen LogP contribution is -2.20. The molecule has 0 atom stereocenters. The Balaban J connectivity index is 1.85. The predicted octanol–water partition coefficient (Wildman–Crippen LogP) is 3.36. The summed E-state index contributed by atoms with van der Waals surface area (Å²) >= 11 is 0. The van der Waals surface area contributed by atoms with Gasteiger partial charge < -0.3 is 15.4 Å². The maximum absolute atomic E-state index is 11.9. The van der Waals surface area contributed by atoms with Gasteiger partial charge in [-0.15, -0.1) is 0 Å². The van der Waals surface area contributed by atoms with Gasteiger partial charge in [0.05, 0.1) is 0 Å². The standard InChI is InChI=1S/C18H20N2O3/c1-3-17(21)19-14-8-10-15(11-9-14)20-18(22)12-23-16-7-5-4-6-13(16)2/h4-11H,3,12H2,1-2H3,(H,19,21)(H,20,22). The van der Waals surface area contributed by atoms with Crippen LogP contribution in [0.5, 0.6) is 5.75 Å². The van der Waals surface area contributed by atoms with Gasteiger partial charge in [0.1, 0.15) is 5.75 Å². The molecule has 0 spiro atoms. The Labute approximate surface area is 135 Å². The molecule has 0 aliphatic rings. The number of aryl methyl sites for hydroxylation is 1. The summed E-state index contributed by atoms with van der Waals surface area (Å²) in [5.74, 6) is 0.410. The van der Waals surface area contributed by atoms with E-state index in [-0.39, 0.29) is 18.4 Å². The monoisotopic (exact) mass is 312 g/mol. The summed E-state index contributed by atoms with van der Waals surface area (Å²) < 4.78 is 5.49. The molecular weight excluding hydrogens is 292 g/mol. The van der Waals surface area contributed by atoms with Crippen LogP contribution in [-0.2, 0) is 9.59 Å². The van der Waals surface area contributed by atoms with E-state index in [1.54, 1.807) is 31.2 Å². The first-order valence-electron chi connectivity index (χ1n) is 7.46. The molecule has 2 amide bonds. The number of rotatable bonds is 6. The van der Waals surface area contributed by atoms with E-state index in [0.717, 1.165) is 5.56 Å². The van der Waals surface area contributed by atoms with E-state index in [4.69, 9.17) is 4.74 Å². The number of amides is 2. The number of benzene rings is 2. The van der Waals surface area contributed by atoms with Crippen molar-refractivity contribution in [2.45, 2.75) is 20.3 Å². The van der Waals surface area contributed by atoms with Crippen molar-refractivity contribution in [1.82, 2.24) is 0 Å². The Morgan fingerprint density at radius 2 is 1.48 bits per heavy atom. The van der Waals surface area contributed by atoms with E-state index in [0.29, 0.717) is 23.5 Å². The van der Waals surface area contributed by atoms with Crippen LogP contribution in [0.4, 0.5) is 11.4 Å². The first-order chi connectivity index (χ1) is 11.1. The Morgan fingerprint density at radius 3 is 2.04 bits per heavy atom. The molecule has 0 aliphatic carbocycles. The molecule has 2 aromatic carbocycles. The van der Waals surface area contributed by atoms with Gasteiger partial charge in [-0.25, -0.2) is 0 Å². The largest absolute Gasteiger partial charge is 0.483 e. The van der Waals surface area contributed by atoms with Crippen LogP contribution in [0, 0.1) is 6.92 Å². The lowest BCUT2D eigenvalue weighted by atomic mass is 10.2. The normalized spacial score (nSPS) is 10.0. The highest BCUT2D eigenvalue weighted by atomic mass is 16.5. The van der Waals surface area contributed by atoms with E-state index in [9.17, 15) is 9.59 Å². The third-order valence-corrected chi connectivity index (χ3v) is 3.23. The van der Waals surface area contributed by atoms with Crippen molar-refractivity contribution >= 4 is 23.2 Å². The molecule has 120 valence electrons. The molecule has 0 saturated heterocycles. The fraction of sp³-hybridized carbons (Fsp3) is 0.222. The predicted molar refractivity (Wildman–Crippen MR) is 90.7 cm³/mol. The van der Waals surface area contributed by atoms with Crippen LogP contribution in [0.25, 0.3) is 0 Å². The molecule has 0 unspecified atom stereocenters. The molecule has 2 rings (SSSR count). The molecule has 0 radical (unpaired) electrons. The summed E-state index contributed by atoms with van der Waals surface area (Å²) in [6.45, 7) is 3.66.